The fraction of sp³-hybridized carbons (Fsp3) is 0.0909. The van der Waals surface area contributed by atoms with Crippen molar-refractivity contribution in [2.75, 3.05) is 0 Å². The van der Waals surface area contributed by atoms with E-state index in [1.807, 2.05) is 17.4 Å². The Bertz CT molecular complexity index is 384. The first kappa shape index (κ1) is 9.01. The summed E-state index contributed by atoms with van der Waals surface area (Å²) < 4.78 is 1.54. The zero-order valence-corrected chi connectivity index (χ0v) is 9.72. The maximum atomic E-state index is 3.78. The average molecular weight is 253 g/mol. The third-order valence-electron chi connectivity index (χ3n) is 1.86. The van der Waals surface area contributed by atoms with Gasteiger partial charge in [-0.1, -0.05) is 0 Å². The minimum atomic E-state index is 0.545. The van der Waals surface area contributed by atoms with Crippen LogP contribution in [0.15, 0.2) is 41.2 Å². The molecule has 0 N–H and O–H groups in total. The molecular formula is C11H10SSe. The molecule has 2 aromatic rings. The summed E-state index contributed by atoms with van der Waals surface area (Å²) in [5.74, 6) is 0. The summed E-state index contributed by atoms with van der Waals surface area (Å²) in [5, 5.41) is 2.14. The van der Waals surface area contributed by atoms with Crippen molar-refractivity contribution in [2.24, 2.45) is 0 Å². The van der Waals surface area contributed by atoms with E-state index < -0.39 is 0 Å². The Balaban J connectivity index is 2.40. The van der Waals surface area contributed by atoms with Crippen LogP contribution < -0.4 is 0 Å². The van der Waals surface area contributed by atoms with Crippen LogP contribution in [0.5, 0.6) is 0 Å². The molecule has 0 bridgehead atoms. The summed E-state index contributed by atoms with van der Waals surface area (Å²) in [6.07, 6.45) is 2.99. The predicted octanol–water partition coefficient (Wildman–Crippen LogP) is 3.20. The minimum absolute atomic E-state index is 0.545. The van der Waals surface area contributed by atoms with Gasteiger partial charge in [0.25, 0.3) is 0 Å². The molecule has 2 heteroatoms. The monoisotopic (exact) mass is 254 g/mol. The van der Waals surface area contributed by atoms with Crippen LogP contribution in [-0.2, 0) is 6.42 Å². The first-order valence-electron chi connectivity index (χ1n) is 4.13. The molecular weight excluding hydrogens is 243 g/mol. The second-order valence-electron chi connectivity index (χ2n) is 2.75. The Hall–Kier alpha value is -0.561. The Morgan fingerprint density at radius 3 is 3.08 bits per heavy atom. The van der Waals surface area contributed by atoms with Gasteiger partial charge in [0.2, 0.25) is 0 Å². The molecule has 0 radical (unpaired) electrons. The second kappa shape index (κ2) is 4.10. The SMILES string of the molecule is C=CCc1cc[se]c1-c1cccs1. The van der Waals surface area contributed by atoms with Gasteiger partial charge in [-0.3, -0.25) is 0 Å². The molecule has 0 saturated heterocycles. The quantitative estimate of drug-likeness (QED) is 0.582. The fourth-order valence-corrected chi connectivity index (χ4v) is 4.32. The Labute approximate surface area is 88.3 Å². The molecule has 0 saturated carbocycles. The molecule has 13 heavy (non-hydrogen) atoms. The first-order chi connectivity index (χ1) is 6.42. The number of hydrogen-bond donors (Lipinski definition) is 0. The molecule has 2 aromatic heterocycles. The number of allylic oxidation sites excluding steroid dienone is 1. The summed E-state index contributed by atoms with van der Waals surface area (Å²) in [4.78, 5) is 3.72. The molecule has 0 aliphatic carbocycles. The zero-order valence-electron chi connectivity index (χ0n) is 7.19. The van der Waals surface area contributed by atoms with Crippen LogP contribution in [0.4, 0.5) is 0 Å². The van der Waals surface area contributed by atoms with Gasteiger partial charge in [0.05, 0.1) is 0 Å². The van der Waals surface area contributed by atoms with Gasteiger partial charge in [-0.25, -0.2) is 0 Å². The number of thiophene rings is 1. The van der Waals surface area contributed by atoms with Crippen molar-refractivity contribution >= 4 is 25.8 Å². The molecule has 0 nitrogen and oxygen atoms in total. The van der Waals surface area contributed by atoms with Crippen LogP contribution in [0.3, 0.4) is 0 Å². The third-order valence-corrected chi connectivity index (χ3v) is 5.11. The van der Waals surface area contributed by atoms with Crippen LogP contribution in [0, 0.1) is 0 Å². The van der Waals surface area contributed by atoms with Crippen molar-refractivity contribution in [1.82, 2.24) is 0 Å². The van der Waals surface area contributed by atoms with E-state index in [1.165, 1.54) is 10.4 Å². The van der Waals surface area contributed by atoms with E-state index >= 15 is 0 Å². The van der Waals surface area contributed by atoms with E-state index in [4.69, 9.17) is 0 Å². The average Bonchev–Trinajstić information content (AvgIpc) is 2.71. The maximum absolute atomic E-state index is 3.78. The molecule has 0 aromatic carbocycles. The van der Waals surface area contributed by atoms with Crippen LogP contribution in [0.1, 0.15) is 5.56 Å². The van der Waals surface area contributed by atoms with Crippen LogP contribution in [0.25, 0.3) is 9.31 Å². The summed E-state index contributed by atoms with van der Waals surface area (Å²) in [6, 6.07) is 6.57. The van der Waals surface area contributed by atoms with Crippen molar-refractivity contribution in [3.8, 4) is 9.31 Å². The topological polar surface area (TPSA) is 0 Å². The Kier molecular flexibility index (Phi) is 2.84. The van der Waals surface area contributed by atoms with E-state index in [0.29, 0.717) is 14.5 Å². The summed E-state index contributed by atoms with van der Waals surface area (Å²) in [7, 11) is 0. The normalized spacial score (nSPS) is 10.2. The molecule has 0 fully saturated rings. The van der Waals surface area contributed by atoms with Crippen molar-refractivity contribution in [3.05, 3.63) is 46.7 Å². The predicted molar refractivity (Wildman–Crippen MR) is 60.6 cm³/mol. The van der Waals surface area contributed by atoms with Crippen molar-refractivity contribution in [3.63, 3.8) is 0 Å². The molecule has 0 amide bonds. The Morgan fingerprint density at radius 1 is 1.46 bits per heavy atom. The molecule has 0 aliphatic rings. The van der Waals surface area contributed by atoms with Gasteiger partial charge >= 0.3 is 88.3 Å². The van der Waals surface area contributed by atoms with E-state index in [-0.39, 0.29) is 0 Å². The summed E-state index contributed by atoms with van der Waals surface area (Å²) >= 11 is 2.38. The first-order valence-corrected chi connectivity index (χ1v) is 6.85. The van der Waals surface area contributed by atoms with Crippen LogP contribution in [0.2, 0.25) is 0 Å². The van der Waals surface area contributed by atoms with Gasteiger partial charge in [-0.15, -0.1) is 0 Å². The molecule has 66 valence electrons. The number of rotatable bonds is 3. The molecule has 0 unspecified atom stereocenters. The molecule has 0 atom stereocenters. The second-order valence-corrected chi connectivity index (χ2v) is 5.61. The molecule has 2 rings (SSSR count). The van der Waals surface area contributed by atoms with Gasteiger partial charge < -0.3 is 0 Å². The van der Waals surface area contributed by atoms with E-state index in [0.717, 1.165) is 6.42 Å². The zero-order chi connectivity index (χ0) is 9.10. The van der Waals surface area contributed by atoms with E-state index in [2.05, 4.69) is 35.1 Å². The molecule has 0 spiro atoms. The molecule has 2 heterocycles. The summed E-state index contributed by atoms with van der Waals surface area (Å²) in [5.41, 5.74) is 1.46. The van der Waals surface area contributed by atoms with Gasteiger partial charge in [0.1, 0.15) is 0 Å². The number of hydrogen-bond acceptors (Lipinski definition) is 1. The van der Waals surface area contributed by atoms with Crippen molar-refractivity contribution in [1.29, 1.82) is 0 Å². The van der Waals surface area contributed by atoms with E-state index in [9.17, 15) is 0 Å². The van der Waals surface area contributed by atoms with Crippen molar-refractivity contribution < 1.29 is 0 Å². The van der Waals surface area contributed by atoms with Gasteiger partial charge in [0.15, 0.2) is 0 Å². The van der Waals surface area contributed by atoms with E-state index in [1.54, 1.807) is 4.44 Å². The molecule has 0 aliphatic heterocycles. The summed E-state index contributed by atoms with van der Waals surface area (Å²) in [6.45, 7) is 3.78. The van der Waals surface area contributed by atoms with Crippen LogP contribution >= 0.6 is 11.3 Å². The third kappa shape index (κ3) is 1.86. The van der Waals surface area contributed by atoms with Crippen molar-refractivity contribution in [2.45, 2.75) is 6.42 Å². The van der Waals surface area contributed by atoms with Crippen LogP contribution in [-0.4, -0.2) is 14.5 Å². The van der Waals surface area contributed by atoms with Gasteiger partial charge in [0, 0.05) is 0 Å². The Morgan fingerprint density at radius 2 is 2.38 bits per heavy atom. The standard InChI is InChI=1S/C11H10SSe/c1-2-4-9-6-8-13-11(9)10-5-3-7-12-10/h2-3,5-8H,1,4H2. The van der Waals surface area contributed by atoms with Gasteiger partial charge in [-0.05, 0) is 0 Å². The van der Waals surface area contributed by atoms with Gasteiger partial charge in [-0.2, -0.15) is 0 Å². The fourth-order valence-electron chi connectivity index (χ4n) is 1.28.